The molecule has 1 aromatic carbocycles. The van der Waals surface area contributed by atoms with Crippen molar-refractivity contribution in [3.05, 3.63) is 61.2 Å². The van der Waals surface area contributed by atoms with Crippen molar-refractivity contribution in [2.75, 3.05) is 13.2 Å². The van der Waals surface area contributed by atoms with E-state index in [1.54, 1.807) is 12.2 Å². The Bertz CT molecular complexity index is 729. The van der Waals surface area contributed by atoms with Crippen LogP contribution in [0.15, 0.2) is 55.6 Å². The fourth-order valence-electron chi connectivity index (χ4n) is 2.84. The summed E-state index contributed by atoms with van der Waals surface area (Å²) in [4.78, 5) is 37.2. The molecule has 31 heavy (non-hydrogen) atoms. The number of rotatable bonds is 14. The van der Waals surface area contributed by atoms with Crippen LogP contribution in [0, 0.1) is 17.8 Å². The quantitative estimate of drug-likeness (QED) is 0.351. The molecule has 0 aliphatic rings. The van der Waals surface area contributed by atoms with Crippen LogP contribution in [0.25, 0.3) is 0 Å². The molecule has 1 aromatic rings. The highest BCUT2D eigenvalue weighted by Gasteiger charge is 2.26. The second kappa shape index (κ2) is 14.2. The number of esters is 2. The molecule has 0 saturated carbocycles. The number of benzene rings is 1. The van der Waals surface area contributed by atoms with Crippen LogP contribution >= 0.6 is 0 Å². The summed E-state index contributed by atoms with van der Waals surface area (Å²) in [6, 6.07) is 8.81. The Morgan fingerprint density at radius 2 is 1.61 bits per heavy atom. The third-order valence-electron chi connectivity index (χ3n) is 4.65. The van der Waals surface area contributed by atoms with Crippen LogP contribution in [-0.2, 0) is 23.9 Å². The van der Waals surface area contributed by atoms with Crippen molar-refractivity contribution >= 4 is 17.8 Å². The maximum atomic E-state index is 12.7. The molecule has 0 aromatic heterocycles. The topological polar surface area (TPSA) is 81.7 Å². The lowest BCUT2D eigenvalue weighted by Crippen LogP contribution is -2.36. The molecule has 6 nitrogen and oxygen atoms in total. The number of nitrogens with one attached hydrogen (secondary N) is 1. The minimum absolute atomic E-state index is 0.0376. The van der Waals surface area contributed by atoms with E-state index in [2.05, 4.69) is 18.5 Å². The normalized spacial score (nSPS) is 13.5. The molecule has 1 rings (SSSR count). The first-order valence-corrected chi connectivity index (χ1v) is 10.7. The van der Waals surface area contributed by atoms with Gasteiger partial charge in [0.1, 0.15) is 6.61 Å². The van der Waals surface area contributed by atoms with E-state index in [1.165, 1.54) is 0 Å². The molecule has 170 valence electrons. The average Bonchev–Trinajstić information content (AvgIpc) is 2.75. The molecule has 0 heterocycles. The lowest BCUT2D eigenvalue weighted by Gasteiger charge is -2.22. The van der Waals surface area contributed by atoms with E-state index >= 15 is 0 Å². The summed E-state index contributed by atoms with van der Waals surface area (Å²) < 4.78 is 10.7. The molecule has 0 bridgehead atoms. The van der Waals surface area contributed by atoms with Crippen LogP contribution in [-0.4, -0.2) is 31.1 Å². The number of hydrogen-bond acceptors (Lipinski definition) is 5. The van der Waals surface area contributed by atoms with Crippen molar-refractivity contribution in [3.8, 4) is 0 Å². The van der Waals surface area contributed by atoms with Gasteiger partial charge in [0, 0.05) is 5.92 Å². The smallest absolute Gasteiger partial charge is 0.309 e. The minimum atomic E-state index is -0.677. The van der Waals surface area contributed by atoms with E-state index in [4.69, 9.17) is 9.47 Å². The zero-order valence-corrected chi connectivity index (χ0v) is 18.8. The van der Waals surface area contributed by atoms with Gasteiger partial charge in [-0.3, -0.25) is 14.4 Å². The first kappa shape index (κ1) is 26.1. The molecule has 0 saturated heterocycles. The van der Waals surface area contributed by atoms with Crippen molar-refractivity contribution in [2.45, 2.75) is 46.1 Å². The summed E-state index contributed by atoms with van der Waals surface area (Å²) >= 11 is 0. The van der Waals surface area contributed by atoms with E-state index in [9.17, 15) is 14.4 Å². The van der Waals surface area contributed by atoms with Crippen LogP contribution in [0.5, 0.6) is 0 Å². The second-order valence-corrected chi connectivity index (χ2v) is 8.03. The maximum absolute atomic E-state index is 12.7. The van der Waals surface area contributed by atoms with Crippen LogP contribution in [0.3, 0.4) is 0 Å². The Morgan fingerprint density at radius 1 is 0.968 bits per heavy atom. The first-order valence-electron chi connectivity index (χ1n) is 10.7. The largest absolute Gasteiger partial charge is 0.465 e. The number of carbonyl (C=O) groups excluding carboxylic acids is 3. The van der Waals surface area contributed by atoms with Crippen molar-refractivity contribution in [1.29, 1.82) is 0 Å². The van der Waals surface area contributed by atoms with Gasteiger partial charge >= 0.3 is 11.9 Å². The summed E-state index contributed by atoms with van der Waals surface area (Å²) in [6.45, 7) is 13.3. The van der Waals surface area contributed by atoms with Crippen molar-refractivity contribution in [3.63, 3.8) is 0 Å². The number of carbonyl (C=O) groups is 3. The van der Waals surface area contributed by atoms with Crippen molar-refractivity contribution < 1.29 is 23.9 Å². The van der Waals surface area contributed by atoms with Gasteiger partial charge in [0.25, 0.3) is 0 Å². The summed E-state index contributed by atoms with van der Waals surface area (Å²) in [6.07, 6.45) is 4.05. The van der Waals surface area contributed by atoms with E-state index in [-0.39, 0.29) is 30.8 Å². The molecular formula is C25H35NO5. The van der Waals surface area contributed by atoms with Crippen LogP contribution in [0.4, 0.5) is 0 Å². The van der Waals surface area contributed by atoms with Crippen molar-refractivity contribution in [1.82, 2.24) is 5.32 Å². The van der Waals surface area contributed by atoms with Gasteiger partial charge in [-0.1, -0.05) is 63.3 Å². The highest BCUT2D eigenvalue weighted by molar-refractivity contribution is 5.80. The number of amides is 1. The predicted molar refractivity (Wildman–Crippen MR) is 121 cm³/mol. The van der Waals surface area contributed by atoms with E-state index in [1.807, 2.05) is 51.1 Å². The van der Waals surface area contributed by atoms with Crippen molar-refractivity contribution in [2.24, 2.45) is 17.8 Å². The van der Waals surface area contributed by atoms with E-state index in [0.29, 0.717) is 19.4 Å². The molecule has 3 atom stereocenters. The fraction of sp³-hybridized carbons (Fsp3) is 0.480. The molecule has 6 heteroatoms. The molecule has 0 aliphatic heterocycles. The first-order chi connectivity index (χ1) is 14.8. The van der Waals surface area contributed by atoms with E-state index < -0.39 is 23.9 Å². The Kier molecular flexibility index (Phi) is 12.0. The zero-order valence-electron chi connectivity index (χ0n) is 18.8. The summed E-state index contributed by atoms with van der Waals surface area (Å²) in [5, 5.41) is 2.94. The van der Waals surface area contributed by atoms with E-state index in [0.717, 1.165) is 5.56 Å². The molecule has 0 fully saturated rings. The monoisotopic (exact) mass is 429 g/mol. The van der Waals surface area contributed by atoms with Gasteiger partial charge < -0.3 is 14.8 Å². The highest BCUT2D eigenvalue weighted by Crippen LogP contribution is 2.18. The molecule has 0 aliphatic carbocycles. The Balaban J connectivity index is 2.80. The van der Waals surface area contributed by atoms with Gasteiger partial charge in [-0.2, -0.15) is 0 Å². The summed E-state index contributed by atoms with van der Waals surface area (Å²) in [7, 11) is 0. The zero-order chi connectivity index (χ0) is 23.2. The highest BCUT2D eigenvalue weighted by atomic mass is 16.5. The van der Waals surface area contributed by atoms with Gasteiger partial charge in [-0.15, -0.1) is 13.2 Å². The maximum Gasteiger partial charge on any atom is 0.309 e. The third-order valence-corrected chi connectivity index (χ3v) is 4.65. The molecular weight excluding hydrogens is 394 g/mol. The van der Waals surface area contributed by atoms with Gasteiger partial charge in [0.15, 0.2) is 0 Å². The van der Waals surface area contributed by atoms with Gasteiger partial charge in [0.2, 0.25) is 5.91 Å². The lowest BCUT2D eigenvalue weighted by atomic mass is 10.0. The standard InChI is InChI=1S/C25H35NO5/c1-6-11-19(5)24(28)26-22(20-13-9-8-10-14-20)17-31-25(29)21(12-7-2)15-23(27)30-16-18(3)4/h6-10,13-14,18-19,21-22H,1-2,11-12,15-17H2,3-5H3,(H,26,28)/t19-,21?,22+/m0/s1. The molecule has 1 unspecified atom stereocenters. The summed E-state index contributed by atoms with van der Waals surface area (Å²) in [5.41, 5.74) is 0.825. The average molecular weight is 430 g/mol. The molecule has 1 N–H and O–H groups in total. The summed E-state index contributed by atoms with van der Waals surface area (Å²) in [5.74, 6) is -1.82. The van der Waals surface area contributed by atoms with Gasteiger partial charge in [-0.25, -0.2) is 0 Å². The molecule has 1 amide bonds. The predicted octanol–water partition coefficient (Wildman–Crippen LogP) is 4.38. The van der Waals surface area contributed by atoms with Crippen LogP contribution in [0.2, 0.25) is 0 Å². The SMILES string of the molecule is C=CCC(CC(=O)OCC(C)C)C(=O)OC[C@@H](NC(=O)[C@@H](C)CC=C)c1ccccc1. The number of allylic oxidation sites excluding steroid dienone is 2. The lowest BCUT2D eigenvalue weighted by molar-refractivity contribution is -0.156. The van der Waals surface area contributed by atoms with Crippen LogP contribution < -0.4 is 5.32 Å². The van der Waals surface area contributed by atoms with Gasteiger partial charge in [0.05, 0.1) is 25.0 Å². The second-order valence-electron chi connectivity index (χ2n) is 8.03. The molecule has 0 spiro atoms. The Morgan fingerprint density at radius 3 is 2.19 bits per heavy atom. The van der Waals surface area contributed by atoms with Gasteiger partial charge in [-0.05, 0) is 24.3 Å². The minimum Gasteiger partial charge on any atom is -0.465 e. The number of ether oxygens (including phenoxy) is 2. The van der Waals surface area contributed by atoms with Crippen LogP contribution in [0.1, 0.15) is 51.6 Å². The number of hydrogen-bond donors (Lipinski definition) is 1. The fourth-order valence-corrected chi connectivity index (χ4v) is 2.84. The third kappa shape index (κ3) is 10.1. The molecule has 0 radical (unpaired) electrons. The Labute approximate surface area is 185 Å². The Hall–Kier alpha value is -2.89.